The molecule has 3 heterocycles. The molecule has 1 aromatic rings. The quantitative estimate of drug-likeness (QED) is 0.916. The summed E-state index contributed by atoms with van der Waals surface area (Å²) in [5, 5.41) is 0. The highest BCUT2D eigenvalue weighted by atomic mass is 16.5. The van der Waals surface area contributed by atoms with Crippen LogP contribution in [-0.2, 0) is 12.8 Å². The summed E-state index contributed by atoms with van der Waals surface area (Å²) < 4.78 is 5.58. The molecule has 1 aromatic carbocycles. The number of nitrogens with zero attached hydrogens (tertiary/aromatic N) is 1. The topological polar surface area (TPSA) is 38.5 Å². The van der Waals surface area contributed by atoms with Gasteiger partial charge in [-0.2, -0.15) is 0 Å². The highest BCUT2D eigenvalue weighted by Gasteiger charge is 2.38. The van der Waals surface area contributed by atoms with E-state index in [0.29, 0.717) is 6.04 Å². The third-order valence-corrected chi connectivity index (χ3v) is 5.33. The lowest BCUT2D eigenvalue weighted by molar-refractivity contribution is 0.129. The first-order valence-electron chi connectivity index (χ1n) is 8.05. The minimum atomic E-state index is 0.445. The van der Waals surface area contributed by atoms with Crippen LogP contribution in [0.25, 0.3) is 0 Å². The fourth-order valence-corrected chi connectivity index (χ4v) is 4.33. The molecule has 2 bridgehead atoms. The largest absolute Gasteiger partial charge is 0.493 e. The molecule has 20 heavy (non-hydrogen) atoms. The first-order chi connectivity index (χ1) is 9.79. The number of fused-ring (bicyclic) bond motifs is 3. The normalized spacial score (nSPS) is 32.1. The molecule has 0 saturated carbocycles. The molecule has 2 fully saturated rings. The molecule has 2 N–H and O–H groups in total. The Bertz CT molecular complexity index is 488. The Labute approximate surface area is 121 Å². The standard InChI is InChI=1S/C17H24N2O/c18-14-10-15-2-3-16(11-14)19(15)7-5-12-1-4-17-13(9-12)6-8-20-17/h1,4,9,14-16H,2-3,5-8,10-11,18H2. The van der Waals surface area contributed by atoms with Crippen LogP contribution < -0.4 is 10.5 Å². The van der Waals surface area contributed by atoms with Crippen LogP contribution in [0.4, 0.5) is 0 Å². The Kier molecular flexibility index (Phi) is 3.20. The van der Waals surface area contributed by atoms with Gasteiger partial charge in [-0.15, -0.1) is 0 Å². The smallest absolute Gasteiger partial charge is 0.122 e. The summed E-state index contributed by atoms with van der Waals surface area (Å²) in [6, 6.07) is 8.68. The fraction of sp³-hybridized carbons (Fsp3) is 0.647. The molecule has 2 saturated heterocycles. The van der Waals surface area contributed by atoms with Gasteiger partial charge in [0.15, 0.2) is 0 Å². The third kappa shape index (κ3) is 2.23. The predicted molar refractivity (Wildman–Crippen MR) is 80.1 cm³/mol. The van der Waals surface area contributed by atoms with Crippen LogP contribution in [0.3, 0.4) is 0 Å². The second-order valence-corrected chi connectivity index (χ2v) is 6.64. The fourth-order valence-electron chi connectivity index (χ4n) is 4.33. The van der Waals surface area contributed by atoms with Gasteiger partial charge >= 0.3 is 0 Å². The zero-order chi connectivity index (χ0) is 13.5. The highest BCUT2D eigenvalue weighted by molar-refractivity contribution is 5.39. The van der Waals surface area contributed by atoms with E-state index in [0.717, 1.165) is 37.3 Å². The van der Waals surface area contributed by atoms with Crippen molar-refractivity contribution in [2.75, 3.05) is 13.2 Å². The van der Waals surface area contributed by atoms with Gasteiger partial charge in [0.1, 0.15) is 5.75 Å². The Hall–Kier alpha value is -1.06. The van der Waals surface area contributed by atoms with E-state index in [4.69, 9.17) is 10.5 Å². The van der Waals surface area contributed by atoms with E-state index in [9.17, 15) is 0 Å². The lowest BCUT2D eigenvalue weighted by Crippen LogP contribution is -2.48. The van der Waals surface area contributed by atoms with E-state index in [-0.39, 0.29) is 0 Å². The molecule has 3 aliphatic rings. The van der Waals surface area contributed by atoms with Gasteiger partial charge in [0, 0.05) is 31.1 Å². The van der Waals surface area contributed by atoms with Crippen LogP contribution in [0.1, 0.15) is 36.8 Å². The first kappa shape index (κ1) is 12.7. The molecule has 0 spiro atoms. The van der Waals surface area contributed by atoms with Crippen LogP contribution in [0, 0.1) is 0 Å². The molecular formula is C17H24N2O. The van der Waals surface area contributed by atoms with E-state index in [1.54, 1.807) is 0 Å². The van der Waals surface area contributed by atoms with Gasteiger partial charge in [-0.1, -0.05) is 12.1 Å². The van der Waals surface area contributed by atoms with Crippen molar-refractivity contribution in [2.45, 2.75) is 56.7 Å². The van der Waals surface area contributed by atoms with E-state index >= 15 is 0 Å². The number of ether oxygens (including phenoxy) is 1. The van der Waals surface area contributed by atoms with Crippen molar-refractivity contribution in [2.24, 2.45) is 5.73 Å². The zero-order valence-corrected chi connectivity index (χ0v) is 12.1. The van der Waals surface area contributed by atoms with Crippen LogP contribution in [0.5, 0.6) is 5.75 Å². The van der Waals surface area contributed by atoms with Crippen molar-refractivity contribution in [1.29, 1.82) is 0 Å². The van der Waals surface area contributed by atoms with Crippen molar-refractivity contribution in [3.05, 3.63) is 29.3 Å². The lowest BCUT2D eigenvalue weighted by atomic mass is 9.97. The summed E-state index contributed by atoms with van der Waals surface area (Å²) >= 11 is 0. The van der Waals surface area contributed by atoms with Crippen molar-refractivity contribution in [1.82, 2.24) is 4.90 Å². The average Bonchev–Trinajstić information content (AvgIpc) is 2.99. The van der Waals surface area contributed by atoms with Gasteiger partial charge in [-0.3, -0.25) is 4.90 Å². The first-order valence-corrected chi connectivity index (χ1v) is 8.05. The molecule has 2 atom stereocenters. The number of benzene rings is 1. The molecule has 3 heteroatoms. The summed E-state index contributed by atoms with van der Waals surface area (Å²) in [6.45, 7) is 2.05. The summed E-state index contributed by atoms with van der Waals surface area (Å²) in [7, 11) is 0. The van der Waals surface area contributed by atoms with Gasteiger partial charge < -0.3 is 10.5 Å². The van der Waals surface area contributed by atoms with E-state index in [1.165, 1.54) is 43.4 Å². The monoisotopic (exact) mass is 272 g/mol. The van der Waals surface area contributed by atoms with Gasteiger partial charge in [0.05, 0.1) is 6.61 Å². The third-order valence-electron chi connectivity index (χ3n) is 5.33. The van der Waals surface area contributed by atoms with Gasteiger partial charge in [-0.25, -0.2) is 0 Å². The van der Waals surface area contributed by atoms with E-state index in [1.807, 2.05) is 0 Å². The molecule has 4 rings (SSSR count). The van der Waals surface area contributed by atoms with E-state index in [2.05, 4.69) is 23.1 Å². The van der Waals surface area contributed by atoms with Gasteiger partial charge in [-0.05, 0) is 49.3 Å². The number of rotatable bonds is 3. The molecule has 3 aliphatic heterocycles. The molecular weight excluding hydrogens is 248 g/mol. The maximum absolute atomic E-state index is 6.15. The number of hydrogen-bond donors (Lipinski definition) is 1. The molecule has 0 aromatic heterocycles. The summed E-state index contributed by atoms with van der Waals surface area (Å²) in [6.07, 6.45) is 7.36. The van der Waals surface area contributed by atoms with Crippen LogP contribution in [0.2, 0.25) is 0 Å². The van der Waals surface area contributed by atoms with Gasteiger partial charge in [0.2, 0.25) is 0 Å². The van der Waals surface area contributed by atoms with Crippen molar-refractivity contribution in [3.63, 3.8) is 0 Å². The summed E-state index contributed by atoms with van der Waals surface area (Å²) in [4.78, 5) is 2.73. The number of nitrogens with two attached hydrogens (primary N) is 1. The Morgan fingerprint density at radius 1 is 1.20 bits per heavy atom. The minimum absolute atomic E-state index is 0.445. The SMILES string of the molecule is NC1CC2CCC(C1)N2CCc1ccc2c(c1)CCO2. The Balaban J connectivity index is 1.41. The van der Waals surface area contributed by atoms with Crippen LogP contribution >= 0.6 is 0 Å². The maximum atomic E-state index is 6.15. The van der Waals surface area contributed by atoms with Gasteiger partial charge in [0.25, 0.3) is 0 Å². The maximum Gasteiger partial charge on any atom is 0.122 e. The van der Waals surface area contributed by atoms with Crippen LogP contribution in [0.15, 0.2) is 18.2 Å². The Morgan fingerprint density at radius 3 is 2.80 bits per heavy atom. The van der Waals surface area contributed by atoms with E-state index < -0.39 is 0 Å². The highest BCUT2D eigenvalue weighted by Crippen LogP contribution is 2.35. The molecule has 0 amide bonds. The van der Waals surface area contributed by atoms with Crippen LogP contribution in [-0.4, -0.2) is 36.2 Å². The lowest BCUT2D eigenvalue weighted by Gasteiger charge is -2.37. The second-order valence-electron chi connectivity index (χ2n) is 6.64. The molecule has 3 nitrogen and oxygen atoms in total. The molecule has 108 valence electrons. The Morgan fingerprint density at radius 2 is 2.00 bits per heavy atom. The molecule has 0 aliphatic carbocycles. The zero-order valence-electron chi connectivity index (χ0n) is 12.1. The summed E-state index contributed by atoms with van der Waals surface area (Å²) in [5.41, 5.74) is 9.00. The number of piperidine rings is 1. The molecule has 0 radical (unpaired) electrons. The average molecular weight is 272 g/mol. The predicted octanol–water partition coefficient (Wildman–Crippen LogP) is 2.12. The van der Waals surface area contributed by atoms with Crippen molar-refractivity contribution < 1.29 is 4.74 Å². The second kappa shape index (κ2) is 5.05. The van der Waals surface area contributed by atoms with Crippen molar-refractivity contribution in [3.8, 4) is 5.75 Å². The molecule has 2 unspecified atom stereocenters. The van der Waals surface area contributed by atoms with Crippen molar-refractivity contribution >= 4 is 0 Å². The minimum Gasteiger partial charge on any atom is -0.493 e. The number of hydrogen-bond acceptors (Lipinski definition) is 3. The summed E-state index contributed by atoms with van der Waals surface area (Å²) in [5.74, 6) is 1.10.